The number of hydrazone groups is 1. The summed E-state index contributed by atoms with van der Waals surface area (Å²) >= 11 is 3.38. The van der Waals surface area contributed by atoms with E-state index in [9.17, 15) is 13.2 Å². The molecule has 3 rings (SSSR count). The Balaban J connectivity index is 1.85. The van der Waals surface area contributed by atoms with Gasteiger partial charge in [-0.25, -0.2) is 13.8 Å². The molecule has 3 aromatic rings. The molecule has 10 heteroatoms. The fourth-order valence-electron chi connectivity index (χ4n) is 3.05. The van der Waals surface area contributed by atoms with E-state index in [2.05, 4.69) is 26.5 Å². The highest BCUT2D eigenvalue weighted by molar-refractivity contribution is 9.10. The van der Waals surface area contributed by atoms with E-state index in [1.807, 2.05) is 13.0 Å². The third-order valence-electron chi connectivity index (χ3n) is 4.84. The van der Waals surface area contributed by atoms with E-state index in [0.29, 0.717) is 22.7 Å². The molecule has 178 valence electrons. The number of hydrogen-bond donors (Lipinski definition) is 1. The first-order valence-electron chi connectivity index (χ1n) is 10.1. The molecule has 0 heterocycles. The highest BCUT2D eigenvalue weighted by atomic mass is 79.9. The van der Waals surface area contributed by atoms with Crippen molar-refractivity contribution in [1.82, 2.24) is 5.43 Å². The van der Waals surface area contributed by atoms with Gasteiger partial charge in [0.15, 0.2) is 0 Å². The maximum absolute atomic E-state index is 13.4. The number of amides is 1. The average Bonchev–Trinajstić information content (AvgIpc) is 2.83. The average molecular weight is 546 g/mol. The first-order valence-corrected chi connectivity index (χ1v) is 12.4. The lowest BCUT2D eigenvalue weighted by molar-refractivity contribution is -0.119. The summed E-state index contributed by atoms with van der Waals surface area (Å²) < 4.78 is 39.1. The van der Waals surface area contributed by atoms with Crippen molar-refractivity contribution >= 4 is 43.8 Å². The van der Waals surface area contributed by atoms with Crippen LogP contribution >= 0.6 is 15.9 Å². The van der Waals surface area contributed by atoms with E-state index in [0.717, 1.165) is 14.3 Å². The lowest BCUT2D eigenvalue weighted by Gasteiger charge is -2.24. The monoisotopic (exact) mass is 545 g/mol. The summed E-state index contributed by atoms with van der Waals surface area (Å²) in [6.07, 6.45) is 1.42. The topological polar surface area (TPSA) is 97.3 Å². The molecule has 1 N–H and O–H groups in total. The van der Waals surface area contributed by atoms with Crippen molar-refractivity contribution < 1.29 is 22.7 Å². The summed E-state index contributed by atoms with van der Waals surface area (Å²) in [6.45, 7) is 1.39. The number of benzene rings is 3. The van der Waals surface area contributed by atoms with Crippen LogP contribution in [0.5, 0.6) is 11.5 Å². The number of methoxy groups -OCH3 is 2. The maximum Gasteiger partial charge on any atom is 0.264 e. The Bertz CT molecular complexity index is 1280. The molecule has 0 radical (unpaired) electrons. The third kappa shape index (κ3) is 6.15. The normalized spacial score (nSPS) is 11.3. The summed E-state index contributed by atoms with van der Waals surface area (Å²) in [5, 5.41) is 3.96. The Labute approximate surface area is 207 Å². The Morgan fingerprint density at radius 2 is 1.71 bits per heavy atom. The van der Waals surface area contributed by atoms with Gasteiger partial charge < -0.3 is 9.47 Å². The number of carbonyl (C=O) groups excluding carboxylic acids is 1. The molecule has 0 bridgehead atoms. The number of anilines is 1. The fraction of sp³-hybridized carbons (Fsp3) is 0.167. The van der Waals surface area contributed by atoms with Crippen molar-refractivity contribution in [1.29, 1.82) is 0 Å². The standard InChI is InChI=1S/C24H24BrN3O5S/c1-17-4-11-22(12-5-17)34(30,31)28(20-7-9-21(32-2)10-8-20)16-24(29)27-26-15-18-14-19(25)6-13-23(18)33-3/h4-15H,16H2,1-3H3,(H,27,29)/b26-15-. The minimum absolute atomic E-state index is 0.0732. The van der Waals surface area contributed by atoms with Crippen LogP contribution in [0, 0.1) is 6.92 Å². The van der Waals surface area contributed by atoms with Crippen LogP contribution in [0.3, 0.4) is 0 Å². The summed E-state index contributed by atoms with van der Waals surface area (Å²) in [6, 6.07) is 18.2. The van der Waals surface area contributed by atoms with Crippen LogP contribution in [-0.2, 0) is 14.8 Å². The molecule has 0 saturated heterocycles. The Morgan fingerprint density at radius 1 is 1.03 bits per heavy atom. The highest BCUT2D eigenvalue weighted by Crippen LogP contribution is 2.26. The molecule has 0 unspecified atom stereocenters. The van der Waals surface area contributed by atoms with Crippen molar-refractivity contribution in [2.75, 3.05) is 25.1 Å². The highest BCUT2D eigenvalue weighted by Gasteiger charge is 2.27. The molecular formula is C24H24BrN3O5S. The third-order valence-corrected chi connectivity index (χ3v) is 7.12. The summed E-state index contributed by atoms with van der Waals surface area (Å²) in [4.78, 5) is 12.8. The van der Waals surface area contributed by atoms with Crippen LogP contribution < -0.4 is 19.2 Å². The predicted molar refractivity (Wildman–Crippen MR) is 135 cm³/mol. The van der Waals surface area contributed by atoms with Gasteiger partial charge >= 0.3 is 0 Å². The molecule has 0 aliphatic carbocycles. The first kappa shape index (κ1) is 25.3. The molecule has 0 aromatic heterocycles. The summed E-state index contributed by atoms with van der Waals surface area (Å²) in [5.41, 5.74) is 4.26. The molecule has 0 aliphatic rings. The Kier molecular flexibility index (Phi) is 8.30. The second kappa shape index (κ2) is 11.2. The molecular weight excluding hydrogens is 522 g/mol. The number of halogens is 1. The van der Waals surface area contributed by atoms with Crippen LogP contribution in [0.2, 0.25) is 0 Å². The van der Waals surface area contributed by atoms with Gasteiger partial charge in [0.25, 0.3) is 15.9 Å². The molecule has 1 amide bonds. The lowest BCUT2D eigenvalue weighted by Crippen LogP contribution is -2.39. The van der Waals surface area contributed by atoms with Gasteiger partial charge in [-0.2, -0.15) is 5.10 Å². The van der Waals surface area contributed by atoms with Crippen LogP contribution in [-0.4, -0.2) is 41.3 Å². The van der Waals surface area contributed by atoms with E-state index >= 15 is 0 Å². The smallest absolute Gasteiger partial charge is 0.264 e. The largest absolute Gasteiger partial charge is 0.497 e. The molecule has 0 fully saturated rings. The SMILES string of the molecule is COc1ccc(N(CC(=O)N/N=C\c2cc(Br)ccc2OC)S(=O)(=O)c2ccc(C)cc2)cc1. The van der Waals surface area contributed by atoms with Gasteiger partial charge in [0.2, 0.25) is 0 Å². The Hall–Kier alpha value is -3.37. The van der Waals surface area contributed by atoms with Gasteiger partial charge in [-0.3, -0.25) is 9.10 Å². The van der Waals surface area contributed by atoms with Crippen LogP contribution in [0.15, 0.2) is 81.2 Å². The minimum atomic E-state index is -4.03. The van der Waals surface area contributed by atoms with E-state index in [1.165, 1.54) is 32.6 Å². The van der Waals surface area contributed by atoms with E-state index < -0.39 is 22.5 Å². The van der Waals surface area contributed by atoms with Crippen molar-refractivity contribution in [3.8, 4) is 11.5 Å². The second-order valence-corrected chi connectivity index (χ2v) is 9.98. The van der Waals surface area contributed by atoms with E-state index in [-0.39, 0.29) is 4.90 Å². The quantitative estimate of drug-likeness (QED) is 0.322. The molecule has 3 aromatic carbocycles. The lowest BCUT2D eigenvalue weighted by atomic mass is 10.2. The number of nitrogens with zero attached hydrogens (tertiary/aromatic N) is 2. The van der Waals surface area contributed by atoms with Crippen LogP contribution in [0.4, 0.5) is 5.69 Å². The van der Waals surface area contributed by atoms with Crippen molar-refractivity contribution in [3.63, 3.8) is 0 Å². The van der Waals surface area contributed by atoms with Gasteiger partial charge in [0.05, 0.1) is 31.0 Å². The first-order chi connectivity index (χ1) is 16.2. The molecule has 0 atom stereocenters. The van der Waals surface area contributed by atoms with Crippen LogP contribution in [0.25, 0.3) is 0 Å². The number of carbonyl (C=O) groups is 1. The molecule has 0 aliphatic heterocycles. The zero-order valence-corrected chi connectivity index (χ0v) is 21.3. The van der Waals surface area contributed by atoms with Gasteiger partial charge in [-0.05, 0) is 61.5 Å². The zero-order chi connectivity index (χ0) is 24.7. The van der Waals surface area contributed by atoms with Gasteiger partial charge in [-0.15, -0.1) is 0 Å². The number of rotatable bonds is 9. The van der Waals surface area contributed by atoms with Crippen LogP contribution in [0.1, 0.15) is 11.1 Å². The fourth-order valence-corrected chi connectivity index (χ4v) is 4.85. The molecule has 0 saturated carbocycles. The second-order valence-electron chi connectivity index (χ2n) is 7.20. The number of sulfonamides is 1. The van der Waals surface area contributed by atoms with E-state index in [1.54, 1.807) is 48.5 Å². The predicted octanol–water partition coefficient (Wildman–Crippen LogP) is 4.12. The summed E-state index contributed by atoms with van der Waals surface area (Å²) in [5.74, 6) is 0.521. The molecule has 0 spiro atoms. The minimum Gasteiger partial charge on any atom is -0.497 e. The number of ether oxygens (including phenoxy) is 2. The van der Waals surface area contributed by atoms with Crippen molar-refractivity contribution in [3.05, 3.63) is 82.3 Å². The zero-order valence-electron chi connectivity index (χ0n) is 18.9. The molecule has 8 nitrogen and oxygen atoms in total. The summed E-state index contributed by atoms with van der Waals surface area (Å²) in [7, 11) is -0.980. The Morgan fingerprint density at radius 3 is 2.32 bits per heavy atom. The van der Waals surface area contributed by atoms with Gasteiger partial charge in [-0.1, -0.05) is 33.6 Å². The van der Waals surface area contributed by atoms with Crippen molar-refractivity contribution in [2.45, 2.75) is 11.8 Å². The van der Waals surface area contributed by atoms with Gasteiger partial charge in [0, 0.05) is 10.0 Å². The van der Waals surface area contributed by atoms with Gasteiger partial charge in [0.1, 0.15) is 18.0 Å². The molecule has 34 heavy (non-hydrogen) atoms. The van der Waals surface area contributed by atoms with Crippen molar-refractivity contribution in [2.24, 2.45) is 5.10 Å². The number of aryl methyl sites for hydroxylation is 1. The number of nitrogens with one attached hydrogen (secondary N) is 1. The number of hydrogen-bond acceptors (Lipinski definition) is 6. The van der Waals surface area contributed by atoms with E-state index in [4.69, 9.17) is 9.47 Å². The maximum atomic E-state index is 13.4.